The van der Waals surface area contributed by atoms with Gasteiger partial charge in [-0.2, -0.15) is 0 Å². The highest BCUT2D eigenvalue weighted by molar-refractivity contribution is 7.09. The van der Waals surface area contributed by atoms with Gasteiger partial charge >= 0.3 is 0 Å². The minimum Gasteiger partial charge on any atom is -0.496 e. The van der Waals surface area contributed by atoms with Crippen molar-refractivity contribution in [2.75, 3.05) is 20.7 Å². The third-order valence-corrected chi connectivity index (χ3v) is 4.73. The summed E-state index contributed by atoms with van der Waals surface area (Å²) in [5.41, 5.74) is 3.44. The van der Waals surface area contributed by atoms with Gasteiger partial charge in [-0.15, -0.1) is 11.3 Å². The Bertz CT molecular complexity index is 681. The van der Waals surface area contributed by atoms with Crippen molar-refractivity contribution in [1.82, 2.24) is 15.6 Å². The first-order valence-corrected chi connectivity index (χ1v) is 9.05. The number of aryl methyl sites for hydroxylation is 2. The van der Waals surface area contributed by atoms with Gasteiger partial charge in [0.15, 0.2) is 5.96 Å². The lowest BCUT2D eigenvalue weighted by Gasteiger charge is -2.14. The molecule has 0 radical (unpaired) electrons. The molecule has 0 fully saturated rings. The minimum absolute atomic E-state index is 0.666. The molecule has 1 heterocycles. The summed E-state index contributed by atoms with van der Waals surface area (Å²) in [5, 5.41) is 9.98. The Hall–Kier alpha value is -2.08. The number of rotatable bonds is 7. The third-order valence-electron chi connectivity index (χ3n) is 3.69. The Labute approximate surface area is 148 Å². The molecule has 1 aromatic carbocycles. The second-order valence-electron chi connectivity index (χ2n) is 5.50. The van der Waals surface area contributed by atoms with Crippen LogP contribution < -0.4 is 15.4 Å². The van der Waals surface area contributed by atoms with Crippen LogP contribution in [0.25, 0.3) is 0 Å². The van der Waals surface area contributed by atoms with Gasteiger partial charge < -0.3 is 15.4 Å². The van der Waals surface area contributed by atoms with E-state index >= 15 is 0 Å². The highest BCUT2D eigenvalue weighted by atomic mass is 32.1. The number of benzene rings is 1. The molecule has 130 valence electrons. The van der Waals surface area contributed by atoms with Crippen molar-refractivity contribution in [2.24, 2.45) is 4.99 Å². The number of methoxy groups -OCH3 is 1. The van der Waals surface area contributed by atoms with Gasteiger partial charge in [0.25, 0.3) is 0 Å². The van der Waals surface area contributed by atoms with Crippen molar-refractivity contribution in [3.8, 4) is 5.75 Å². The van der Waals surface area contributed by atoms with Crippen LogP contribution in [0.5, 0.6) is 5.75 Å². The van der Waals surface area contributed by atoms with E-state index in [9.17, 15) is 0 Å². The summed E-state index contributed by atoms with van der Waals surface area (Å²) >= 11 is 1.73. The molecule has 0 bridgehead atoms. The van der Waals surface area contributed by atoms with E-state index in [1.165, 1.54) is 10.6 Å². The molecule has 0 aliphatic carbocycles. The summed E-state index contributed by atoms with van der Waals surface area (Å²) in [5.74, 6) is 1.68. The van der Waals surface area contributed by atoms with Crippen LogP contribution in [0, 0.1) is 6.92 Å². The predicted molar refractivity (Wildman–Crippen MR) is 101 cm³/mol. The Morgan fingerprint density at radius 2 is 2.17 bits per heavy atom. The normalized spacial score (nSPS) is 11.4. The molecule has 0 saturated heterocycles. The molecule has 0 aliphatic rings. The molecule has 2 rings (SSSR count). The molecular formula is C18H26N4OS. The van der Waals surface area contributed by atoms with E-state index < -0.39 is 0 Å². The van der Waals surface area contributed by atoms with Crippen molar-refractivity contribution >= 4 is 17.3 Å². The summed E-state index contributed by atoms with van der Waals surface area (Å²) in [7, 11) is 3.48. The van der Waals surface area contributed by atoms with Crippen LogP contribution in [0.2, 0.25) is 0 Å². The minimum atomic E-state index is 0.666. The fraction of sp³-hybridized carbons (Fsp3) is 0.444. The SMILES string of the molecule is CCc1nc(CCNC(=NC)NCc2ccc(C)cc2OC)cs1. The van der Waals surface area contributed by atoms with Crippen LogP contribution in [-0.2, 0) is 19.4 Å². The van der Waals surface area contributed by atoms with Gasteiger partial charge in [-0.05, 0) is 25.0 Å². The maximum atomic E-state index is 5.44. The highest BCUT2D eigenvalue weighted by Gasteiger charge is 2.05. The molecule has 2 N–H and O–H groups in total. The third kappa shape index (κ3) is 5.23. The number of guanidine groups is 1. The number of aliphatic imine (C=N–C) groups is 1. The summed E-state index contributed by atoms with van der Waals surface area (Å²) in [6.45, 7) is 5.66. The number of ether oxygens (including phenoxy) is 1. The first kappa shape index (κ1) is 18.3. The van der Waals surface area contributed by atoms with Gasteiger partial charge in [-0.25, -0.2) is 4.98 Å². The van der Waals surface area contributed by atoms with E-state index in [2.05, 4.69) is 52.0 Å². The van der Waals surface area contributed by atoms with Crippen LogP contribution in [0.15, 0.2) is 28.6 Å². The molecule has 0 unspecified atom stereocenters. The zero-order valence-corrected chi connectivity index (χ0v) is 15.7. The number of hydrogen-bond donors (Lipinski definition) is 2. The highest BCUT2D eigenvalue weighted by Crippen LogP contribution is 2.19. The Morgan fingerprint density at radius 3 is 2.83 bits per heavy atom. The molecule has 1 aromatic heterocycles. The van der Waals surface area contributed by atoms with Gasteiger partial charge in [0.05, 0.1) is 17.8 Å². The van der Waals surface area contributed by atoms with Crippen LogP contribution >= 0.6 is 11.3 Å². The predicted octanol–water partition coefficient (Wildman–Crippen LogP) is 2.93. The molecular weight excluding hydrogens is 320 g/mol. The van der Waals surface area contributed by atoms with E-state index in [1.807, 2.05) is 6.07 Å². The molecule has 0 amide bonds. The average Bonchev–Trinajstić information content (AvgIpc) is 3.06. The summed E-state index contributed by atoms with van der Waals surface area (Å²) in [6, 6.07) is 6.21. The van der Waals surface area contributed by atoms with Crippen LogP contribution in [0.4, 0.5) is 0 Å². The number of thiazole rings is 1. The molecule has 6 heteroatoms. The quantitative estimate of drug-likeness (QED) is 0.598. The first-order valence-electron chi connectivity index (χ1n) is 8.17. The number of aromatic nitrogens is 1. The van der Waals surface area contributed by atoms with Gasteiger partial charge in [0, 0.05) is 37.5 Å². The van der Waals surface area contributed by atoms with Crippen molar-refractivity contribution in [3.63, 3.8) is 0 Å². The van der Waals surface area contributed by atoms with Gasteiger partial charge in [0.1, 0.15) is 5.75 Å². The Kier molecular flexibility index (Phi) is 7.06. The van der Waals surface area contributed by atoms with E-state index in [1.54, 1.807) is 25.5 Å². The summed E-state index contributed by atoms with van der Waals surface area (Å²) < 4.78 is 5.44. The van der Waals surface area contributed by atoms with Crippen LogP contribution in [0.3, 0.4) is 0 Å². The molecule has 2 aromatic rings. The van der Waals surface area contributed by atoms with E-state index in [0.717, 1.165) is 42.4 Å². The fourth-order valence-corrected chi connectivity index (χ4v) is 3.11. The molecule has 24 heavy (non-hydrogen) atoms. The number of nitrogens with zero attached hydrogens (tertiary/aromatic N) is 2. The fourth-order valence-electron chi connectivity index (χ4n) is 2.33. The molecule has 0 atom stereocenters. The van der Waals surface area contributed by atoms with E-state index in [0.29, 0.717) is 6.54 Å². The average molecular weight is 347 g/mol. The number of hydrogen-bond acceptors (Lipinski definition) is 4. The standard InChI is InChI=1S/C18H26N4OS/c1-5-17-22-15(12-24-17)8-9-20-18(19-3)21-11-14-7-6-13(2)10-16(14)23-4/h6-7,10,12H,5,8-9,11H2,1-4H3,(H2,19,20,21). The van der Waals surface area contributed by atoms with Crippen molar-refractivity contribution < 1.29 is 4.74 Å². The molecule has 0 saturated carbocycles. The lowest BCUT2D eigenvalue weighted by Crippen LogP contribution is -2.37. The van der Waals surface area contributed by atoms with Crippen molar-refractivity contribution in [2.45, 2.75) is 33.2 Å². The lowest BCUT2D eigenvalue weighted by atomic mass is 10.1. The summed E-state index contributed by atoms with van der Waals surface area (Å²) in [4.78, 5) is 8.84. The first-order chi connectivity index (χ1) is 11.7. The second-order valence-corrected chi connectivity index (χ2v) is 6.45. The maximum absolute atomic E-state index is 5.44. The monoisotopic (exact) mass is 346 g/mol. The lowest BCUT2D eigenvalue weighted by molar-refractivity contribution is 0.408. The zero-order valence-electron chi connectivity index (χ0n) is 14.8. The van der Waals surface area contributed by atoms with Gasteiger partial charge in [-0.3, -0.25) is 4.99 Å². The molecule has 0 aliphatic heterocycles. The number of nitrogens with one attached hydrogen (secondary N) is 2. The zero-order chi connectivity index (χ0) is 17.4. The smallest absolute Gasteiger partial charge is 0.191 e. The Morgan fingerprint density at radius 1 is 1.33 bits per heavy atom. The van der Waals surface area contributed by atoms with E-state index in [4.69, 9.17) is 4.74 Å². The summed E-state index contributed by atoms with van der Waals surface area (Å²) in [6.07, 6.45) is 1.89. The van der Waals surface area contributed by atoms with Crippen LogP contribution in [0.1, 0.15) is 28.8 Å². The Balaban J connectivity index is 1.82. The van der Waals surface area contributed by atoms with Crippen LogP contribution in [-0.4, -0.2) is 31.6 Å². The topological polar surface area (TPSA) is 58.5 Å². The second kappa shape index (κ2) is 9.27. The van der Waals surface area contributed by atoms with Crippen molar-refractivity contribution in [3.05, 3.63) is 45.4 Å². The van der Waals surface area contributed by atoms with Gasteiger partial charge in [-0.1, -0.05) is 19.1 Å². The van der Waals surface area contributed by atoms with Gasteiger partial charge in [0.2, 0.25) is 0 Å². The van der Waals surface area contributed by atoms with E-state index in [-0.39, 0.29) is 0 Å². The maximum Gasteiger partial charge on any atom is 0.191 e. The van der Waals surface area contributed by atoms with Crippen molar-refractivity contribution in [1.29, 1.82) is 0 Å². The molecule has 0 spiro atoms. The largest absolute Gasteiger partial charge is 0.496 e. The molecule has 5 nitrogen and oxygen atoms in total.